The van der Waals surface area contributed by atoms with Crippen molar-refractivity contribution in [2.24, 2.45) is 0 Å². The van der Waals surface area contributed by atoms with E-state index in [2.05, 4.69) is 10.3 Å². The first-order chi connectivity index (χ1) is 12.7. The highest BCUT2D eigenvalue weighted by Crippen LogP contribution is 2.31. The van der Waals surface area contributed by atoms with E-state index in [1.807, 2.05) is 0 Å². The van der Waals surface area contributed by atoms with Crippen LogP contribution >= 0.6 is 11.3 Å². The van der Waals surface area contributed by atoms with Crippen molar-refractivity contribution >= 4 is 37.9 Å². The fraction of sp³-hybridized carbons (Fsp3) is 0.0625. The number of hydrogen-bond donors (Lipinski definition) is 2. The molecular formula is C16H11F4N3O2S2. The Morgan fingerprint density at radius 2 is 1.78 bits per heavy atom. The highest BCUT2D eigenvalue weighted by atomic mass is 32.2. The fourth-order valence-electron chi connectivity index (χ4n) is 2.10. The molecule has 0 radical (unpaired) electrons. The van der Waals surface area contributed by atoms with Crippen LogP contribution < -0.4 is 10.0 Å². The van der Waals surface area contributed by atoms with E-state index in [9.17, 15) is 26.0 Å². The summed E-state index contributed by atoms with van der Waals surface area (Å²) in [6.45, 7) is 0. The maximum absolute atomic E-state index is 13.7. The Kier molecular flexibility index (Phi) is 5.07. The molecule has 0 aliphatic heterocycles. The molecule has 0 saturated carbocycles. The van der Waals surface area contributed by atoms with Gasteiger partial charge < -0.3 is 5.32 Å². The number of para-hydroxylation sites is 1. The summed E-state index contributed by atoms with van der Waals surface area (Å²) in [5, 5.41) is 4.79. The van der Waals surface area contributed by atoms with Crippen molar-refractivity contribution in [3.8, 4) is 11.3 Å². The Morgan fingerprint density at radius 3 is 2.48 bits per heavy atom. The van der Waals surface area contributed by atoms with Crippen molar-refractivity contribution in [2.75, 3.05) is 10.0 Å². The van der Waals surface area contributed by atoms with E-state index in [4.69, 9.17) is 0 Å². The number of anilines is 3. The second kappa shape index (κ2) is 7.16. The number of sulfonamides is 1. The van der Waals surface area contributed by atoms with Gasteiger partial charge in [-0.3, -0.25) is 4.72 Å². The van der Waals surface area contributed by atoms with E-state index in [0.29, 0.717) is 16.4 Å². The highest BCUT2D eigenvalue weighted by Gasteiger charge is 2.46. The van der Waals surface area contributed by atoms with E-state index in [-0.39, 0.29) is 11.4 Å². The molecule has 3 rings (SSSR count). The molecular weight excluding hydrogens is 406 g/mol. The molecule has 1 aromatic heterocycles. The van der Waals surface area contributed by atoms with Gasteiger partial charge in [-0.2, -0.15) is 21.6 Å². The van der Waals surface area contributed by atoms with Gasteiger partial charge in [0.25, 0.3) is 0 Å². The minimum atomic E-state index is -5.51. The first-order valence-corrected chi connectivity index (χ1v) is 9.68. The molecule has 0 bridgehead atoms. The molecule has 5 nitrogen and oxygen atoms in total. The minimum Gasteiger partial charge on any atom is -0.329 e. The number of halogens is 4. The average molecular weight is 417 g/mol. The zero-order valence-electron chi connectivity index (χ0n) is 13.3. The normalized spacial score (nSPS) is 12.0. The highest BCUT2D eigenvalue weighted by molar-refractivity contribution is 7.93. The summed E-state index contributed by atoms with van der Waals surface area (Å²) >= 11 is 1.16. The first kappa shape index (κ1) is 19.1. The lowest BCUT2D eigenvalue weighted by atomic mass is 10.1. The molecule has 0 fully saturated rings. The largest absolute Gasteiger partial charge is 0.516 e. The van der Waals surface area contributed by atoms with Gasteiger partial charge in [0, 0.05) is 16.6 Å². The van der Waals surface area contributed by atoms with Crippen molar-refractivity contribution in [1.82, 2.24) is 4.98 Å². The lowest BCUT2D eigenvalue weighted by molar-refractivity contribution is -0.0429. The van der Waals surface area contributed by atoms with Crippen LogP contribution in [0.5, 0.6) is 0 Å². The van der Waals surface area contributed by atoms with Gasteiger partial charge >= 0.3 is 15.5 Å². The van der Waals surface area contributed by atoms with E-state index >= 15 is 0 Å². The lowest BCUT2D eigenvalue weighted by Crippen LogP contribution is -2.29. The molecule has 11 heteroatoms. The molecule has 2 N–H and O–H groups in total. The topological polar surface area (TPSA) is 71.1 Å². The van der Waals surface area contributed by atoms with Crippen LogP contribution in [0, 0.1) is 5.82 Å². The Labute approximate surface area is 155 Å². The molecule has 3 aromatic rings. The van der Waals surface area contributed by atoms with Gasteiger partial charge in [-0.1, -0.05) is 24.3 Å². The average Bonchev–Trinajstić information content (AvgIpc) is 3.04. The van der Waals surface area contributed by atoms with E-state index in [1.165, 1.54) is 35.1 Å². The number of rotatable bonds is 5. The summed E-state index contributed by atoms with van der Waals surface area (Å²) in [4.78, 5) is 4.24. The van der Waals surface area contributed by atoms with E-state index in [1.54, 1.807) is 23.6 Å². The maximum atomic E-state index is 13.7. The van der Waals surface area contributed by atoms with Crippen molar-refractivity contribution < 1.29 is 26.0 Å². The van der Waals surface area contributed by atoms with Crippen LogP contribution in [-0.4, -0.2) is 18.9 Å². The van der Waals surface area contributed by atoms with Gasteiger partial charge in [-0.25, -0.2) is 9.37 Å². The molecule has 0 aliphatic carbocycles. The summed E-state index contributed by atoms with van der Waals surface area (Å²) in [6, 6.07) is 11.4. The molecule has 0 spiro atoms. The third-order valence-corrected chi connectivity index (χ3v) is 5.21. The predicted molar refractivity (Wildman–Crippen MR) is 95.8 cm³/mol. The third-order valence-electron chi connectivity index (χ3n) is 3.33. The molecule has 0 unspecified atom stereocenters. The number of thiazole rings is 1. The molecule has 1 heterocycles. The lowest BCUT2D eigenvalue weighted by Gasteiger charge is -2.11. The Bertz CT molecular complexity index is 1070. The summed E-state index contributed by atoms with van der Waals surface area (Å²) in [6.07, 6.45) is 0. The van der Waals surface area contributed by atoms with Crippen LogP contribution in [0.2, 0.25) is 0 Å². The van der Waals surface area contributed by atoms with Crippen molar-refractivity contribution in [3.05, 3.63) is 59.7 Å². The van der Waals surface area contributed by atoms with Crippen molar-refractivity contribution in [2.45, 2.75) is 5.51 Å². The van der Waals surface area contributed by atoms with Crippen molar-refractivity contribution in [1.29, 1.82) is 0 Å². The van der Waals surface area contributed by atoms with Crippen LogP contribution in [0.1, 0.15) is 0 Å². The van der Waals surface area contributed by atoms with Crippen LogP contribution in [0.4, 0.5) is 34.1 Å². The quantitative estimate of drug-likeness (QED) is 0.576. The fourth-order valence-corrected chi connectivity index (χ4v) is 3.38. The number of nitrogens with one attached hydrogen (secondary N) is 2. The maximum Gasteiger partial charge on any atom is 0.516 e. The van der Waals surface area contributed by atoms with Gasteiger partial charge in [-0.05, 0) is 24.3 Å². The van der Waals surface area contributed by atoms with Gasteiger partial charge in [0.15, 0.2) is 5.13 Å². The third kappa shape index (κ3) is 4.37. The number of hydrogen-bond acceptors (Lipinski definition) is 5. The van der Waals surface area contributed by atoms with Gasteiger partial charge in [0.05, 0.1) is 11.4 Å². The van der Waals surface area contributed by atoms with E-state index < -0.39 is 21.3 Å². The second-order valence-electron chi connectivity index (χ2n) is 5.27. The Balaban J connectivity index is 1.82. The summed E-state index contributed by atoms with van der Waals surface area (Å²) < 4.78 is 75.0. The Morgan fingerprint density at radius 1 is 1.04 bits per heavy atom. The van der Waals surface area contributed by atoms with Crippen LogP contribution in [0.3, 0.4) is 0 Å². The van der Waals surface area contributed by atoms with Crippen LogP contribution in [0.15, 0.2) is 53.9 Å². The molecule has 0 aliphatic rings. The number of alkyl halides is 3. The molecule has 0 saturated heterocycles. The SMILES string of the molecule is O=S(=O)(Nc1cccc(-c2csc(Nc3ccccc3F)n2)c1)C(F)(F)F. The first-order valence-electron chi connectivity index (χ1n) is 7.32. The zero-order chi connectivity index (χ0) is 19.7. The van der Waals surface area contributed by atoms with Crippen LogP contribution in [0.25, 0.3) is 11.3 Å². The number of aromatic nitrogens is 1. The predicted octanol–water partition coefficient (Wildman–Crippen LogP) is 4.95. The van der Waals surface area contributed by atoms with Gasteiger partial charge in [-0.15, -0.1) is 11.3 Å². The number of benzene rings is 2. The monoisotopic (exact) mass is 417 g/mol. The van der Waals surface area contributed by atoms with Crippen LogP contribution in [-0.2, 0) is 10.0 Å². The number of nitrogens with zero attached hydrogens (tertiary/aromatic N) is 1. The molecule has 2 aromatic carbocycles. The molecule has 27 heavy (non-hydrogen) atoms. The Hall–Kier alpha value is -2.66. The van der Waals surface area contributed by atoms with Gasteiger partial charge in [0.2, 0.25) is 0 Å². The minimum absolute atomic E-state index is 0.227. The second-order valence-corrected chi connectivity index (χ2v) is 7.81. The van der Waals surface area contributed by atoms with Crippen molar-refractivity contribution in [3.63, 3.8) is 0 Å². The van der Waals surface area contributed by atoms with Gasteiger partial charge in [0.1, 0.15) is 5.82 Å². The standard InChI is InChI=1S/C16H11F4N3O2S2/c17-12-6-1-2-7-13(12)21-15-22-14(9-26-15)10-4-3-5-11(8-10)23-27(24,25)16(18,19)20/h1-9,23H,(H,21,22). The molecule has 142 valence electrons. The van der Waals surface area contributed by atoms with E-state index in [0.717, 1.165) is 11.3 Å². The molecule has 0 atom stereocenters. The molecule has 0 amide bonds. The summed E-state index contributed by atoms with van der Waals surface area (Å²) in [7, 11) is -5.51. The summed E-state index contributed by atoms with van der Waals surface area (Å²) in [5.41, 5.74) is -4.64. The zero-order valence-corrected chi connectivity index (χ0v) is 14.9. The smallest absolute Gasteiger partial charge is 0.329 e. The summed E-state index contributed by atoms with van der Waals surface area (Å²) in [5.74, 6) is -0.460.